The largest absolute Gasteiger partial charge is 0.497 e. The minimum atomic E-state index is 0.0380. The van der Waals surface area contributed by atoms with E-state index >= 15 is 0 Å². The molecule has 0 aliphatic carbocycles. The summed E-state index contributed by atoms with van der Waals surface area (Å²) in [5.41, 5.74) is 3.00. The van der Waals surface area contributed by atoms with Crippen LogP contribution in [0.3, 0.4) is 0 Å². The summed E-state index contributed by atoms with van der Waals surface area (Å²) in [7, 11) is 1.68. The Hall–Kier alpha value is -2.49. The number of methoxy groups -OCH3 is 1. The van der Waals surface area contributed by atoms with E-state index in [1.165, 1.54) is 5.69 Å². The van der Waals surface area contributed by atoms with Gasteiger partial charge in [-0.15, -0.1) is 0 Å². The fourth-order valence-electron chi connectivity index (χ4n) is 3.17. The van der Waals surface area contributed by atoms with Crippen molar-refractivity contribution < 1.29 is 9.53 Å². The third-order valence-corrected chi connectivity index (χ3v) is 4.66. The maximum atomic E-state index is 12.4. The van der Waals surface area contributed by atoms with Gasteiger partial charge in [0.2, 0.25) is 0 Å². The third kappa shape index (κ3) is 3.70. The molecule has 3 rings (SSSR count). The van der Waals surface area contributed by atoms with E-state index in [2.05, 4.69) is 22.3 Å². The lowest BCUT2D eigenvalue weighted by molar-refractivity contribution is 0.0930. The van der Waals surface area contributed by atoms with Crippen LogP contribution in [0.4, 0.5) is 5.69 Å². The van der Waals surface area contributed by atoms with Gasteiger partial charge in [0, 0.05) is 30.4 Å². The van der Waals surface area contributed by atoms with Crippen LogP contribution in [-0.2, 0) is 0 Å². The predicted octanol–water partition coefficient (Wildman–Crippen LogP) is 3.40. The molecule has 0 bridgehead atoms. The Labute approximate surface area is 143 Å². The Morgan fingerprint density at radius 3 is 2.38 bits per heavy atom. The van der Waals surface area contributed by atoms with Crippen molar-refractivity contribution >= 4 is 11.6 Å². The Bertz CT molecular complexity index is 689. The van der Waals surface area contributed by atoms with Gasteiger partial charge in [0.05, 0.1) is 7.11 Å². The van der Waals surface area contributed by atoms with Crippen molar-refractivity contribution in [2.24, 2.45) is 0 Å². The van der Waals surface area contributed by atoms with Crippen LogP contribution in [0.5, 0.6) is 5.75 Å². The Morgan fingerprint density at radius 1 is 1.08 bits per heavy atom. The molecule has 24 heavy (non-hydrogen) atoms. The van der Waals surface area contributed by atoms with Gasteiger partial charge in [0.25, 0.3) is 5.91 Å². The number of carbonyl (C=O) groups excluding carboxylic acids is 1. The average Bonchev–Trinajstić information content (AvgIpc) is 2.63. The van der Waals surface area contributed by atoms with E-state index in [9.17, 15) is 4.79 Å². The van der Waals surface area contributed by atoms with Gasteiger partial charge < -0.3 is 15.0 Å². The van der Waals surface area contributed by atoms with Crippen LogP contribution in [0.25, 0.3) is 0 Å². The second kappa shape index (κ2) is 7.39. The number of nitrogens with zero attached hydrogens (tertiary/aromatic N) is 1. The summed E-state index contributed by atoms with van der Waals surface area (Å²) in [6.07, 6.45) is 1.92. The molecule has 0 saturated carbocycles. The molecule has 1 aliphatic heterocycles. The number of hydrogen-bond donors (Lipinski definition) is 1. The van der Waals surface area contributed by atoms with Gasteiger partial charge in [-0.2, -0.15) is 0 Å². The highest BCUT2D eigenvalue weighted by molar-refractivity contribution is 5.95. The van der Waals surface area contributed by atoms with Crippen molar-refractivity contribution in [2.45, 2.75) is 25.8 Å². The summed E-state index contributed by atoms with van der Waals surface area (Å²) >= 11 is 0. The first-order valence-corrected chi connectivity index (χ1v) is 8.43. The van der Waals surface area contributed by atoms with Crippen LogP contribution in [0.2, 0.25) is 0 Å². The quantitative estimate of drug-likeness (QED) is 0.937. The van der Waals surface area contributed by atoms with Gasteiger partial charge in [-0.1, -0.05) is 18.2 Å². The van der Waals surface area contributed by atoms with Crippen molar-refractivity contribution in [1.82, 2.24) is 5.32 Å². The molecule has 0 radical (unpaired) electrons. The van der Waals surface area contributed by atoms with Crippen LogP contribution in [-0.4, -0.2) is 32.1 Å². The third-order valence-electron chi connectivity index (χ3n) is 4.66. The van der Waals surface area contributed by atoms with Gasteiger partial charge in [0.15, 0.2) is 0 Å². The van der Waals surface area contributed by atoms with Crippen LogP contribution < -0.4 is 15.0 Å². The number of nitrogens with one attached hydrogen (secondary N) is 1. The first kappa shape index (κ1) is 16.4. The van der Waals surface area contributed by atoms with Crippen LogP contribution >= 0.6 is 0 Å². The highest BCUT2D eigenvalue weighted by Crippen LogP contribution is 2.23. The maximum Gasteiger partial charge on any atom is 0.251 e. The molecule has 1 saturated heterocycles. The van der Waals surface area contributed by atoms with Gasteiger partial charge in [-0.05, 0) is 55.7 Å². The zero-order chi connectivity index (χ0) is 16.9. The fraction of sp³-hybridized carbons (Fsp3) is 0.350. The van der Waals surface area contributed by atoms with Gasteiger partial charge in [0.1, 0.15) is 5.75 Å². The molecule has 1 heterocycles. The van der Waals surface area contributed by atoms with E-state index in [4.69, 9.17) is 4.74 Å². The maximum absolute atomic E-state index is 12.4. The molecule has 2 aromatic carbocycles. The minimum Gasteiger partial charge on any atom is -0.497 e. The Balaban J connectivity index is 1.55. The standard InChI is InChI=1S/C20H24N2O2/c1-15-5-3-4-6-19(15)20(23)21-16-11-13-22(14-12-16)17-7-9-18(24-2)10-8-17/h3-10,16H,11-14H2,1-2H3,(H,21,23). The molecule has 1 fully saturated rings. The molecule has 0 spiro atoms. The zero-order valence-electron chi connectivity index (χ0n) is 14.3. The summed E-state index contributed by atoms with van der Waals surface area (Å²) in [4.78, 5) is 14.8. The number of aryl methyl sites for hydroxylation is 1. The topological polar surface area (TPSA) is 41.6 Å². The smallest absolute Gasteiger partial charge is 0.251 e. The van der Waals surface area contributed by atoms with Crippen molar-refractivity contribution in [1.29, 1.82) is 0 Å². The highest BCUT2D eigenvalue weighted by atomic mass is 16.5. The number of rotatable bonds is 4. The highest BCUT2D eigenvalue weighted by Gasteiger charge is 2.21. The Kier molecular flexibility index (Phi) is 5.04. The van der Waals surface area contributed by atoms with Gasteiger partial charge in [-0.3, -0.25) is 4.79 Å². The molecule has 4 nitrogen and oxygen atoms in total. The lowest BCUT2D eigenvalue weighted by Crippen LogP contribution is -2.44. The molecule has 0 unspecified atom stereocenters. The number of hydrogen-bond acceptors (Lipinski definition) is 3. The molecule has 1 N–H and O–H groups in total. The van der Waals surface area contributed by atoms with E-state index in [-0.39, 0.29) is 11.9 Å². The number of amides is 1. The first-order valence-electron chi connectivity index (χ1n) is 8.43. The fourth-order valence-corrected chi connectivity index (χ4v) is 3.17. The summed E-state index contributed by atoms with van der Waals surface area (Å²) in [6, 6.07) is 16.1. The molecule has 2 aromatic rings. The van der Waals surface area contributed by atoms with Crippen LogP contribution in [0, 0.1) is 6.92 Å². The Morgan fingerprint density at radius 2 is 1.75 bits per heavy atom. The zero-order valence-corrected chi connectivity index (χ0v) is 14.3. The molecular formula is C20H24N2O2. The lowest BCUT2D eigenvalue weighted by atomic mass is 10.0. The summed E-state index contributed by atoms with van der Waals surface area (Å²) in [5.74, 6) is 0.912. The van der Waals surface area contributed by atoms with Crippen LogP contribution in [0.15, 0.2) is 48.5 Å². The molecule has 4 heteroatoms. The number of carbonyl (C=O) groups is 1. The lowest BCUT2D eigenvalue weighted by Gasteiger charge is -2.34. The minimum absolute atomic E-state index is 0.0380. The summed E-state index contributed by atoms with van der Waals surface area (Å²) in [6.45, 7) is 3.87. The normalized spacial score (nSPS) is 15.2. The second-order valence-corrected chi connectivity index (χ2v) is 6.25. The van der Waals surface area contributed by atoms with Crippen molar-refractivity contribution in [3.8, 4) is 5.75 Å². The van der Waals surface area contributed by atoms with E-state index in [1.54, 1.807) is 7.11 Å². The van der Waals surface area contributed by atoms with Crippen molar-refractivity contribution in [2.75, 3.05) is 25.1 Å². The van der Waals surface area contributed by atoms with Gasteiger partial charge in [-0.25, -0.2) is 0 Å². The number of piperidine rings is 1. The van der Waals surface area contributed by atoms with E-state index in [1.807, 2.05) is 43.3 Å². The van der Waals surface area contributed by atoms with E-state index < -0.39 is 0 Å². The molecule has 1 aliphatic rings. The first-order chi connectivity index (χ1) is 11.7. The second-order valence-electron chi connectivity index (χ2n) is 6.25. The van der Waals surface area contributed by atoms with E-state index in [0.717, 1.165) is 42.8 Å². The van der Waals surface area contributed by atoms with Crippen molar-refractivity contribution in [3.63, 3.8) is 0 Å². The number of benzene rings is 2. The summed E-state index contributed by atoms with van der Waals surface area (Å²) in [5, 5.41) is 3.18. The number of anilines is 1. The predicted molar refractivity (Wildman–Crippen MR) is 96.9 cm³/mol. The molecule has 0 atom stereocenters. The molecule has 0 aromatic heterocycles. The number of ether oxygens (including phenoxy) is 1. The SMILES string of the molecule is COc1ccc(N2CCC(NC(=O)c3ccccc3C)CC2)cc1. The van der Waals surface area contributed by atoms with Gasteiger partial charge >= 0.3 is 0 Å². The molecular weight excluding hydrogens is 300 g/mol. The van der Waals surface area contributed by atoms with Crippen LogP contribution in [0.1, 0.15) is 28.8 Å². The summed E-state index contributed by atoms with van der Waals surface area (Å²) < 4.78 is 5.20. The molecule has 126 valence electrons. The average molecular weight is 324 g/mol. The molecule has 1 amide bonds. The van der Waals surface area contributed by atoms with Crippen molar-refractivity contribution in [3.05, 3.63) is 59.7 Å². The van der Waals surface area contributed by atoms with E-state index in [0.29, 0.717) is 0 Å². The monoisotopic (exact) mass is 324 g/mol.